The summed E-state index contributed by atoms with van der Waals surface area (Å²) < 4.78 is 23.4. The number of aliphatic imine (C=N–C) groups is 1. The van der Waals surface area contributed by atoms with Crippen molar-refractivity contribution in [2.45, 2.75) is 6.43 Å². The van der Waals surface area contributed by atoms with E-state index in [1.165, 1.54) is 6.34 Å². The molecule has 0 atom stereocenters. The van der Waals surface area contributed by atoms with Crippen molar-refractivity contribution >= 4 is 6.34 Å². The molecule has 0 amide bonds. The molecule has 50 valence electrons. The lowest BCUT2D eigenvalue weighted by atomic mass is 10.5. The van der Waals surface area contributed by atoms with Gasteiger partial charge in [-0.15, -0.1) is 0 Å². The molecule has 0 radical (unpaired) electrons. The Morgan fingerprint density at radius 1 is 1.56 bits per heavy atom. The third kappa shape index (κ3) is 1.38. The number of hydrazine groups is 1. The molecule has 0 spiro atoms. The van der Waals surface area contributed by atoms with E-state index in [9.17, 15) is 8.78 Å². The number of halogens is 2. The van der Waals surface area contributed by atoms with E-state index in [4.69, 9.17) is 0 Å². The van der Waals surface area contributed by atoms with Crippen molar-refractivity contribution in [3.8, 4) is 0 Å². The average Bonchev–Trinajstić information content (AvgIpc) is 1.90. The predicted molar refractivity (Wildman–Crippen MR) is 28.9 cm³/mol. The van der Waals surface area contributed by atoms with E-state index in [0.29, 0.717) is 0 Å². The zero-order valence-corrected chi connectivity index (χ0v) is 4.44. The Kier molecular flexibility index (Phi) is 1.62. The van der Waals surface area contributed by atoms with Crippen LogP contribution in [0.1, 0.15) is 0 Å². The number of allylic oxidation sites excluding steroid dienone is 1. The van der Waals surface area contributed by atoms with Gasteiger partial charge in [0, 0.05) is 0 Å². The minimum atomic E-state index is -2.49. The number of alkyl halides is 2. The first kappa shape index (κ1) is 6.00. The van der Waals surface area contributed by atoms with E-state index < -0.39 is 6.43 Å². The van der Waals surface area contributed by atoms with E-state index in [2.05, 4.69) is 15.8 Å². The van der Waals surface area contributed by atoms with Crippen LogP contribution in [-0.2, 0) is 0 Å². The molecule has 0 bridgehead atoms. The smallest absolute Gasteiger partial charge is 0.281 e. The van der Waals surface area contributed by atoms with Crippen molar-refractivity contribution in [1.82, 2.24) is 10.9 Å². The van der Waals surface area contributed by atoms with Gasteiger partial charge >= 0.3 is 0 Å². The SMILES string of the molecule is FC(F)C1=CN=CNN1. The molecule has 0 aliphatic carbocycles. The van der Waals surface area contributed by atoms with Crippen LogP contribution in [0.5, 0.6) is 0 Å². The summed E-state index contributed by atoms with van der Waals surface area (Å²) in [5.74, 6) is 0. The first-order valence-corrected chi connectivity index (χ1v) is 2.32. The lowest BCUT2D eigenvalue weighted by molar-refractivity contribution is 0.177. The molecule has 0 aromatic heterocycles. The molecule has 9 heavy (non-hydrogen) atoms. The summed E-state index contributed by atoms with van der Waals surface area (Å²) in [5, 5.41) is 0. The van der Waals surface area contributed by atoms with Gasteiger partial charge in [0.1, 0.15) is 12.0 Å². The number of hydrogen-bond acceptors (Lipinski definition) is 3. The van der Waals surface area contributed by atoms with Gasteiger partial charge in [-0.2, -0.15) is 0 Å². The highest BCUT2D eigenvalue weighted by Crippen LogP contribution is 2.04. The van der Waals surface area contributed by atoms with Gasteiger partial charge in [-0.25, -0.2) is 13.8 Å². The fraction of sp³-hybridized carbons (Fsp3) is 0.250. The van der Waals surface area contributed by atoms with E-state index in [1.807, 2.05) is 0 Å². The maximum Gasteiger partial charge on any atom is 0.281 e. The van der Waals surface area contributed by atoms with Crippen molar-refractivity contribution in [2.24, 2.45) is 4.99 Å². The number of hydrogen-bond donors (Lipinski definition) is 2. The normalized spacial score (nSPS) is 16.6. The Hall–Kier alpha value is -1.13. The van der Waals surface area contributed by atoms with E-state index in [0.717, 1.165) is 6.20 Å². The summed E-state index contributed by atoms with van der Waals surface area (Å²) in [5.41, 5.74) is 4.35. The zero-order valence-electron chi connectivity index (χ0n) is 4.44. The monoisotopic (exact) mass is 133 g/mol. The van der Waals surface area contributed by atoms with Crippen LogP contribution >= 0.6 is 0 Å². The van der Waals surface area contributed by atoms with Crippen LogP contribution in [0.25, 0.3) is 0 Å². The standard InChI is InChI=1S/C4H5F2N3/c5-4(6)3-1-7-2-8-9-3/h1-2,4,9H,(H,7,8). The van der Waals surface area contributed by atoms with Gasteiger partial charge < -0.3 is 0 Å². The summed E-state index contributed by atoms with van der Waals surface area (Å²) in [6.45, 7) is 0. The van der Waals surface area contributed by atoms with E-state index in [1.54, 1.807) is 0 Å². The van der Waals surface area contributed by atoms with Crippen molar-refractivity contribution in [2.75, 3.05) is 0 Å². The molecule has 0 aromatic carbocycles. The summed E-state index contributed by atoms with van der Waals surface area (Å²) >= 11 is 0. The van der Waals surface area contributed by atoms with Crippen LogP contribution in [0.3, 0.4) is 0 Å². The van der Waals surface area contributed by atoms with Gasteiger partial charge in [0.2, 0.25) is 0 Å². The molecular weight excluding hydrogens is 128 g/mol. The van der Waals surface area contributed by atoms with Gasteiger partial charge in [0.15, 0.2) is 0 Å². The first-order valence-electron chi connectivity index (χ1n) is 2.32. The van der Waals surface area contributed by atoms with Crippen LogP contribution in [0, 0.1) is 0 Å². The molecule has 1 aliphatic heterocycles. The number of nitrogens with one attached hydrogen (secondary N) is 2. The second-order valence-electron chi connectivity index (χ2n) is 1.43. The summed E-state index contributed by atoms with van der Waals surface area (Å²) in [7, 11) is 0. The van der Waals surface area contributed by atoms with Gasteiger partial charge in [-0.1, -0.05) is 0 Å². The van der Waals surface area contributed by atoms with Crippen LogP contribution in [-0.4, -0.2) is 12.8 Å². The van der Waals surface area contributed by atoms with Gasteiger partial charge in [-0.05, 0) is 0 Å². The molecule has 1 aliphatic rings. The van der Waals surface area contributed by atoms with Crippen molar-refractivity contribution in [1.29, 1.82) is 0 Å². The third-order valence-corrected chi connectivity index (χ3v) is 0.804. The third-order valence-electron chi connectivity index (χ3n) is 0.804. The van der Waals surface area contributed by atoms with Crippen molar-refractivity contribution < 1.29 is 8.78 Å². The summed E-state index contributed by atoms with van der Waals surface area (Å²) in [6.07, 6.45) is -0.137. The molecule has 0 aromatic rings. The quantitative estimate of drug-likeness (QED) is 0.537. The minimum Gasteiger partial charge on any atom is -0.297 e. The lowest BCUT2D eigenvalue weighted by Crippen LogP contribution is -2.34. The Labute approximate surface area is 50.4 Å². The zero-order chi connectivity index (χ0) is 6.69. The minimum absolute atomic E-state index is 0.211. The highest BCUT2D eigenvalue weighted by atomic mass is 19.3. The highest BCUT2D eigenvalue weighted by molar-refractivity contribution is 5.56. The topological polar surface area (TPSA) is 36.4 Å². The molecule has 1 rings (SSSR count). The molecular formula is C4H5F2N3. The molecule has 0 saturated carbocycles. The average molecular weight is 133 g/mol. The number of rotatable bonds is 1. The second kappa shape index (κ2) is 2.43. The Bertz CT molecular complexity index is 152. The highest BCUT2D eigenvalue weighted by Gasteiger charge is 2.10. The van der Waals surface area contributed by atoms with Crippen molar-refractivity contribution in [3.63, 3.8) is 0 Å². The van der Waals surface area contributed by atoms with E-state index in [-0.39, 0.29) is 5.70 Å². The molecule has 0 unspecified atom stereocenters. The molecule has 0 fully saturated rings. The predicted octanol–water partition coefficient (Wildman–Crippen LogP) is 0.229. The maximum absolute atomic E-state index is 11.7. The Morgan fingerprint density at radius 2 is 2.33 bits per heavy atom. The fourth-order valence-electron chi connectivity index (χ4n) is 0.414. The van der Waals surface area contributed by atoms with Gasteiger partial charge in [0.25, 0.3) is 6.43 Å². The van der Waals surface area contributed by atoms with Crippen LogP contribution in [0.4, 0.5) is 8.78 Å². The van der Waals surface area contributed by atoms with Gasteiger partial charge in [-0.3, -0.25) is 10.9 Å². The maximum atomic E-state index is 11.7. The Morgan fingerprint density at radius 3 is 2.67 bits per heavy atom. The molecule has 0 saturated heterocycles. The summed E-state index contributed by atoms with van der Waals surface area (Å²) in [6, 6.07) is 0. The van der Waals surface area contributed by atoms with E-state index >= 15 is 0 Å². The molecule has 5 heteroatoms. The molecule has 1 heterocycles. The first-order chi connectivity index (χ1) is 4.30. The largest absolute Gasteiger partial charge is 0.297 e. The van der Waals surface area contributed by atoms with Gasteiger partial charge in [0.05, 0.1) is 6.20 Å². The second-order valence-corrected chi connectivity index (χ2v) is 1.43. The Balaban J connectivity index is 2.57. The molecule has 2 N–H and O–H groups in total. The lowest BCUT2D eigenvalue weighted by Gasteiger charge is -2.10. The summed E-state index contributed by atoms with van der Waals surface area (Å²) in [4.78, 5) is 3.44. The van der Waals surface area contributed by atoms with Crippen LogP contribution in [0.15, 0.2) is 16.9 Å². The van der Waals surface area contributed by atoms with Crippen LogP contribution < -0.4 is 10.9 Å². The van der Waals surface area contributed by atoms with Crippen molar-refractivity contribution in [3.05, 3.63) is 11.9 Å². The fourth-order valence-corrected chi connectivity index (χ4v) is 0.414. The molecule has 3 nitrogen and oxygen atoms in total. The number of nitrogens with zero attached hydrogens (tertiary/aromatic N) is 1. The van der Waals surface area contributed by atoms with Crippen LogP contribution in [0.2, 0.25) is 0 Å².